The average Bonchev–Trinajstić information content (AvgIpc) is 2.59. The first kappa shape index (κ1) is 17.8. The quantitative estimate of drug-likeness (QED) is 0.794. The Morgan fingerprint density at radius 2 is 2.12 bits per heavy atom. The Morgan fingerprint density at radius 3 is 2.92 bits per heavy atom. The number of nitrogens with one attached hydrogen (secondary N) is 1. The third-order valence-electron chi connectivity index (χ3n) is 4.50. The molecule has 1 atom stereocenters. The maximum absolute atomic E-state index is 10.6. The van der Waals surface area contributed by atoms with Crippen molar-refractivity contribution in [2.75, 3.05) is 13.2 Å². The van der Waals surface area contributed by atoms with Gasteiger partial charge in [-0.25, -0.2) is 4.79 Å². The molecule has 0 radical (unpaired) electrons. The molecule has 2 aromatic carbocycles. The maximum atomic E-state index is 10.6. The van der Waals surface area contributed by atoms with E-state index in [1.165, 1.54) is 16.7 Å². The minimum absolute atomic E-state index is 0.305. The zero-order valence-corrected chi connectivity index (χ0v) is 14.8. The maximum Gasteiger partial charge on any atom is 0.341 e. The number of carboxylic acid groups (broad SMARTS) is 1. The van der Waals surface area contributed by atoms with Gasteiger partial charge in [-0.2, -0.15) is 0 Å². The summed E-state index contributed by atoms with van der Waals surface area (Å²) in [5.74, 6) is -0.334. The van der Waals surface area contributed by atoms with Crippen LogP contribution in [0, 0.1) is 0 Å². The van der Waals surface area contributed by atoms with E-state index in [4.69, 9.17) is 21.4 Å². The highest BCUT2D eigenvalue weighted by atomic mass is 35.5. The second kappa shape index (κ2) is 8.37. The van der Waals surface area contributed by atoms with Gasteiger partial charge in [0.2, 0.25) is 0 Å². The van der Waals surface area contributed by atoms with E-state index in [0.717, 1.165) is 37.3 Å². The van der Waals surface area contributed by atoms with Crippen molar-refractivity contribution in [3.63, 3.8) is 0 Å². The van der Waals surface area contributed by atoms with Crippen LogP contribution in [0.25, 0.3) is 0 Å². The van der Waals surface area contributed by atoms with E-state index >= 15 is 0 Å². The number of fused-ring (bicyclic) bond motifs is 1. The molecule has 5 heteroatoms. The van der Waals surface area contributed by atoms with Gasteiger partial charge in [0, 0.05) is 11.1 Å². The van der Waals surface area contributed by atoms with Gasteiger partial charge >= 0.3 is 5.97 Å². The molecule has 0 aromatic heterocycles. The van der Waals surface area contributed by atoms with Crippen LogP contribution in [0.15, 0.2) is 42.5 Å². The number of aliphatic carboxylic acids is 1. The molecule has 0 spiro atoms. The number of aryl methyl sites for hydroxylation is 1. The second-order valence-corrected chi connectivity index (χ2v) is 6.82. The molecule has 0 amide bonds. The number of halogens is 1. The van der Waals surface area contributed by atoms with Gasteiger partial charge in [-0.3, -0.25) is 0 Å². The van der Waals surface area contributed by atoms with Gasteiger partial charge in [-0.1, -0.05) is 29.8 Å². The van der Waals surface area contributed by atoms with Crippen molar-refractivity contribution in [3.8, 4) is 5.75 Å². The Balaban J connectivity index is 1.53. The molecule has 25 heavy (non-hydrogen) atoms. The van der Waals surface area contributed by atoms with Crippen LogP contribution in [0.3, 0.4) is 0 Å². The standard InChI is InChI=1S/C20H22ClNO3/c21-17-3-1-2-14(10-17)8-9-22-18-6-4-15-5-7-19(12-16(15)11-18)25-13-20(23)24/h1-3,5,7,10,12,18,22H,4,6,8-9,11,13H2,(H,23,24)/t18-/m0/s1. The Bertz CT molecular complexity index is 747. The van der Waals surface area contributed by atoms with Crippen molar-refractivity contribution < 1.29 is 14.6 Å². The number of ether oxygens (including phenoxy) is 1. The van der Waals surface area contributed by atoms with Crippen LogP contribution < -0.4 is 10.1 Å². The minimum Gasteiger partial charge on any atom is -0.482 e. The number of carboxylic acids is 1. The monoisotopic (exact) mass is 359 g/mol. The lowest BCUT2D eigenvalue weighted by Gasteiger charge is -2.26. The number of hydrogen-bond donors (Lipinski definition) is 2. The molecule has 0 heterocycles. The zero-order chi connectivity index (χ0) is 17.6. The van der Waals surface area contributed by atoms with Gasteiger partial charge in [-0.15, -0.1) is 0 Å². The topological polar surface area (TPSA) is 58.6 Å². The van der Waals surface area contributed by atoms with Crippen LogP contribution in [-0.2, 0) is 24.1 Å². The summed E-state index contributed by atoms with van der Waals surface area (Å²) < 4.78 is 5.29. The highest BCUT2D eigenvalue weighted by Gasteiger charge is 2.18. The van der Waals surface area contributed by atoms with E-state index in [2.05, 4.69) is 17.4 Å². The van der Waals surface area contributed by atoms with E-state index < -0.39 is 5.97 Å². The van der Waals surface area contributed by atoms with Crippen LogP contribution in [0.4, 0.5) is 0 Å². The normalized spacial score (nSPS) is 16.3. The summed E-state index contributed by atoms with van der Waals surface area (Å²) in [5.41, 5.74) is 3.81. The van der Waals surface area contributed by atoms with Crippen molar-refractivity contribution in [2.24, 2.45) is 0 Å². The molecular weight excluding hydrogens is 338 g/mol. The lowest BCUT2D eigenvalue weighted by Crippen LogP contribution is -2.35. The smallest absolute Gasteiger partial charge is 0.341 e. The number of benzene rings is 2. The first-order chi connectivity index (χ1) is 12.1. The van der Waals surface area contributed by atoms with Crippen molar-refractivity contribution in [1.29, 1.82) is 0 Å². The van der Waals surface area contributed by atoms with Gasteiger partial charge in [-0.05, 0) is 73.2 Å². The Kier molecular flexibility index (Phi) is 5.95. The van der Waals surface area contributed by atoms with Crippen molar-refractivity contribution >= 4 is 17.6 Å². The third-order valence-corrected chi connectivity index (χ3v) is 4.74. The Morgan fingerprint density at radius 1 is 1.24 bits per heavy atom. The first-order valence-corrected chi connectivity index (χ1v) is 8.92. The van der Waals surface area contributed by atoms with Gasteiger partial charge in [0.1, 0.15) is 5.75 Å². The molecule has 0 bridgehead atoms. The first-order valence-electron chi connectivity index (χ1n) is 8.54. The van der Waals surface area contributed by atoms with E-state index in [1.807, 2.05) is 30.3 Å². The second-order valence-electron chi connectivity index (χ2n) is 6.39. The number of hydrogen-bond acceptors (Lipinski definition) is 3. The van der Waals surface area contributed by atoms with Crippen LogP contribution in [0.1, 0.15) is 23.1 Å². The lowest BCUT2D eigenvalue weighted by atomic mass is 9.88. The van der Waals surface area contributed by atoms with Crippen LogP contribution in [0.2, 0.25) is 5.02 Å². The van der Waals surface area contributed by atoms with E-state index in [9.17, 15) is 4.79 Å². The van der Waals surface area contributed by atoms with Crippen molar-refractivity contribution in [3.05, 3.63) is 64.2 Å². The molecule has 2 N–H and O–H groups in total. The molecule has 0 fully saturated rings. The fourth-order valence-corrected chi connectivity index (χ4v) is 3.47. The Hall–Kier alpha value is -2.04. The summed E-state index contributed by atoms with van der Waals surface area (Å²) in [5, 5.41) is 13.1. The molecule has 0 aliphatic heterocycles. The summed E-state index contributed by atoms with van der Waals surface area (Å²) in [6.45, 7) is 0.607. The van der Waals surface area contributed by atoms with Gasteiger partial charge in [0.15, 0.2) is 6.61 Å². The molecule has 0 saturated carbocycles. The number of rotatable bonds is 7. The molecule has 0 unspecified atom stereocenters. The SMILES string of the molecule is O=C(O)COc1ccc2c(c1)C[C@@H](NCCc1cccc(Cl)c1)CC2. The third kappa shape index (κ3) is 5.21. The van der Waals surface area contributed by atoms with E-state index in [-0.39, 0.29) is 6.61 Å². The predicted molar refractivity (Wildman–Crippen MR) is 98.5 cm³/mol. The summed E-state index contributed by atoms with van der Waals surface area (Å²) >= 11 is 6.02. The molecule has 3 rings (SSSR count). The predicted octanol–water partition coefficient (Wildman–Crippen LogP) is 3.49. The molecule has 1 aliphatic carbocycles. The number of carbonyl (C=O) groups is 1. The molecular formula is C20H22ClNO3. The molecule has 2 aromatic rings. The largest absolute Gasteiger partial charge is 0.482 e. The van der Waals surface area contributed by atoms with Gasteiger partial charge in [0.25, 0.3) is 0 Å². The minimum atomic E-state index is -0.960. The van der Waals surface area contributed by atoms with Crippen LogP contribution >= 0.6 is 11.6 Å². The summed E-state index contributed by atoms with van der Waals surface area (Å²) in [6, 6.07) is 14.3. The summed E-state index contributed by atoms with van der Waals surface area (Å²) in [7, 11) is 0. The van der Waals surface area contributed by atoms with E-state index in [1.54, 1.807) is 0 Å². The van der Waals surface area contributed by atoms with Gasteiger partial charge in [0.05, 0.1) is 0 Å². The Labute approximate surface area is 152 Å². The molecule has 0 saturated heterocycles. The fraction of sp³-hybridized carbons (Fsp3) is 0.350. The summed E-state index contributed by atoms with van der Waals surface area (Å²) in [6.07, 6.45) is 4.03. The van der Waals surface area contributed by atoms with Crippen molar-refractivity contribution in [1.82, 2.24) is 5.32 Å². The molecule has 4 nitrogen and oxygen atoms in total. The van der Waals surface area contributed by atoms with Gasteiger partial charge < -0.3 is 15.2 Å². The fourth-order valence-electron chi connectivity index (χ4n) is 3.26. The van der Waals surface area contributed by atoms with Crippen LogP contribution in [0.5, 0.6) is 5.75 Å². The molecule has 132 valence electrons. The summed E-state index contributed by atoms with van der Waals surface area (Å²) in [4.78, 5) is 10.6. The highest BCUT2D eigenvalue weighted by Crippen LogP contribution is 2.25. The lowest BCUT2D eigenvalue weighted by molar-refractivity contribution is -0.139. The zero-order valence-electron chi connectivity index (χ0n) is 14.0. The van der Waals surface area contributed by atoms with Crippen LogP contribution in [-0.4, -0.2) is 30.3 Å². The highest BCUT2D eigenvalue weighted by molar-refractivity contribution is 6.30. The molecule has 1 aliphatic rings. The van der Waals surface area contributed by atoms with Crippen molar-refractivity contribution in [2.45, 2.75) is 31.7 Å². The van der Waals surface area contributed by atoms with E-state index in [0.29, 0.717) is 11.8 Å². The average molecular weight is 360 g/mol.